The van der Waals surface area contributed by atoms with Gasteiger partial charge in [0.2, 0.25) is 0 Å². The number of allylic oxidation sites excluding steroid dienone is 1. The van der Waals surface area contributed by atoms with E-state index < -0.39 is 21.9 Å². The Hall–Kier alpha value is -3.62. The van der Waals surface area contributed by atoms with Crippen LogP contribution in [0, 0.1) is 0 Å². The zero-order valence-corrected chi connectivity index (χ0v) is 17.9. The fourth-order valence-corrected chi connectivity index (χ4v) is 3.62. The van der Waals surface area contributed by atoms with Crippen molar-refractivity contribution in [2.45, 2.75) is 13.0 Å². The number of hydrogen-bond donors (Lipinski definition) is 3. The lowest BCUT2D eigenvalue weighted by atomic mass is 10.1. The van der Waals surface area contributed by atoms with Gasteiger partial charge >= 0.3 is 5.97 Å². The maximum Gasteiger partial charge on any atom is 0.349 e. The van der Waals surface area contributed by atoms with Crippen LogP contribution in [0.2, 0.25) is 0 Å². The van der Waals surface area contributed by atoms with Gasteiger partial charge in [0.05, 0.1) is 10.9 Å². The van der Waals surface area contributed by atoms with Gasteiger partial charge in [0, 0.05) is 17.9 Å². The van der Waals surface area contributed by atoms with Gasteiger partial charge in [0.15, 0.2) is 0 Å². The van der Waals surface area contributed by atoms with Crippen molar-refractivity contribution in [1.29, 1.82) is 0 Å². The predicted octanol–water partition coefficient (Wildman–Crippen LogP) is 3.64. The highest BCUT2D eigenvalue weighted by atomic mass is 35.5. The van der Waals surface area contributed by atoms with Crippen LogP contribution in [0.25, 0.3) is 22.6 Å². The molecule has 32 heavy (non-hydrogen) atoms. The molecule has 0 saturated carbocycles. The number of rotatable bonds is 4. The van der Waals surface area contributed by atoms with Crippen molar-refractivity contribution in [3.8, 4) is 0 Å². The average molecular weight is 471 g/mol. The maximum absolute atomic E-state index is 12.9. The van der Waals surface area contributed by atoms with Gasteiger partial charge in [-0.25, -0.2) is 9.78 Å². The van der Waals surface area contributed by atoms with E-state index in [9.17, 15) is 14.4 Å². The van der Waals surface area contributed by atoms with E-state index >= 15 is 0 Å². The SMILES string of the molecule is Nc1ccc(C=C2CCn3c2nc2cc(NC(=O)/C(Cl)=C(/Cl)C(=O)O)ccc2c3=O)cc1. The van der Waals surface area contributed by atoms with E-state index in [0.29, 0.717) is 35.4 Å². The van der Waals surface area contributed by atoms with Crippen LogP contribution in [0.1, 0.15) is 17.8 Å². The van der Waals surface area contributed by atoms with Crippen LogP contribution in [0.15, 0.2) is 57.3 Å². The fourth-order valence-electron chi connectivity index (χ4n) is 3.41. The molecule has 2 aromatic carbocycles. The van der Waals surface area contributed by atoms with Crippen LogP contribution in [0.3, 0.4) is 0 Å². The van der Waals surface area contributed by atoms with Crippen molar-refractivity contribution in [3.05, 3.63) is 74.3 Å². The number of hydrogen-bond acceptors (Lipinski definition) is 5. The summed E-state index contributed by atoms with van der Waals surface area (Å²) in [5.74, 6) is -1.86. The molecule has 1 aliphatic rings. The molecular weight excluding hydrogens is 455 g/mol. The van der Waals surface area contributed by atoms with Crippen LogP contribution in [-0.2, 0) is 16.1 Å². The number of aliphatic carboxylic acids is 1. The number of carbonyl (C=O) groups excluding carboxylic acids is 1. The van der Waals surface area contributed by atoms with Gasteiger partial charge in [-0.05, 0) is 54.0 Å². The first-order valence-corrected chi connectivity index (χ1v) is 10.2. The average Bonchev–Trinajstić information content (AvgIpc) is 3.16. The summed E-state index contributed by atoms with van der Waals surface area (Å²) in [6.45, 7) is 0.518. The summed E-state index contributed by atoms with van der Waals surface area (Å²) in [5, 5.41) is 10.3. The minimum atomic E-state index is -1.52. The minimum Gasteiger partial charge on any atom is -0.477 e. The van der Waals surface area contributed by atoms with Gasteiger partial charge in [-0.2, -0.15) is 0 Å². The Morgan fingerprint density at radius 3 is 2.53 bits per heavy atom. The molecule has 3 aromatic rings. The minimum absolute atomic E-state index is 0.185. The summed E-state index contributed by atoms with van der Waals surface area (Å²) in [5.41, 5.74) is 8.73. The third kappa shape index (κ3) is 4.10. The summed E-state index contributed by atoms with van der Waals surface area (Å²) in [7, 11) is 0. The van der Waals surface area contributed by atoms with Gasteiger partial charge in [0.1, 0.15) is 15.9 Å². The highest BCUT2D eigenvalue weighted by Gasteiger charge is 2.22. The number of aromatic nitrogens is 2. The molecule has 0 aliphatic carbocycles. The summed E-state index contributed by atoms with van der Waals surface area (Å²) >= 11 is 11.2. The lowest BCUT2D eigenvalue weighted by Crippen LogP contribution is -2.21. The van der Waals surface area contributed by atoms with E-state index in [1.54, 1.807) is 22.8 Å². The van der Waals surface area contributed by atoms with Gasteiger partial charge < -0.3 is 16.2 Å². The van der Waals surface area contributed by atoms with Crippen molar-refractivity contribution >= 4 is 69.0 Å². The first-order valence-electron chi connectivity index (χ1n) is 9.45. The van der Waals surface area contributed by atoms with Gasteiger partial charge in [-0.15, -0.1) is 0 Å². The molecule has 0 atom stereocenters. The predicted molar refractivity (Wildman–Crippen MR) is 124 cm³/mol. The largest absolute Gasteiger partial charge is 0.477 e. The molecule has 0 bridgehead atoms. The number of anilines is 2. The molecule has 1 amide bonds. The molecule has 2 heterocycles. The molecule has 162 valence electrons. The number of nitrogen functional groups attached to an aromatic ring is 1. The van der Waals surface area contributed by atoms with Crippen LogP contribution >= 0.6 is 23.2 Å². The number of carboxylic acids is 1. The molecule has 8 nitrogen and oxygen atoms in total. The van der Waals surface area contributed by atoms with Crippen LogP contribution in [-0.4, -0.2) is 26.5 Å². The lowest BCUT2D eigenvalue weighted by molar-refractivity contribution is -0.132. The zero-order chi connectivity index (χ0) is 23.0. The highest BCUT2D eigenvalue weighted by Crippen LogP contribution is 2.28. The van der Waals surface area contributed by atoms with Crippen LogP contribution in [0.5, 0.6) is 0 Å². The fraction of sp³-hybridized carbons (Fsp3) is 0.0909. The number of carbonyl (C=O) groups is 2. The molecule has 0 saturated heterocycles. The molecular formula is C22H16Cl2N4O4. The maximum atomic E-state index is 12.9. The topological polar surface area (TPSA) is 127 Å². The van der Waals surface area contributed by atoms with Gasteiger partial charge in [-0.1, -0.05) is 35.3 Å². The number of nitrogens with two attached hydrogens (primary N) is 1. The Labute approximate surface area is 191 Å². The quantitative estimate of drug-likeness (QED) is 0.394. The second-order valence-corrected chi connectivity index (χ2v) is 7.85. The molecule has 0 spiro atoms. The summed E-state index contributed by atoms with van der Waals surface area (Å²) in [6, 6.07) is 11.9. The number of amides is 1. The summed E-state index contributed by atoms with van der Waals surface area (Å²) in [6.07, 6.45) is 2.61. The van der Waals surface area contributed by atoms with Crippen molar-refractivity contribution in [3.63, 3.8) is 0 Å². The Balaban J connectivity index is 1.72. The lowest BCUT2D eigenvalue weighted by Gasteiger charge is -2.09. The Kier molecular flexibility index (Phi) is 5.73. The number of nitrogens with one attached hydrogen (secondary N) is 1. The number of nitrogens with zero attached hydrogens (tertiary/aromatic N) is 2. The Bertz CT molecular complexity index is 1390. The van der Waals surface area contributed by atoms with Gasteiger partial charge in [-0.3, -0.25) is 14.2 Å². The molecule has 4 N–H and O–H groups in total. The first kappa shape index (κ1) is 21.6. The summed E-state index contributed by atoms with van der Waals surface area (Å²) in [4.78, 5) is 40.6. The number of carboxylic acid groups (broad SMARTS) is 1. The molecule has 10 heteroatoms. The summed E-state index contributed by atoms with van der Waals surface area (Å²) < 4.78 is 1.62. The second-order valence-electron chi connectivity index (χ2n) is 7.10. The number of benzene rings is 2. The second kappa shape index (κ2) is 8.49. The molecule has 0 fully saturated rings. The third-order valence-corrected chi connectivity index (χ3v) is 5.77. The molecule has 0 radical (unpaired) electrons. The molecule has 1 aliphatic heterocycles. The van der Waals surface area contributed by atoms with Crippen molar-refractivity contribution in [2.75, 3.05) is 11.1 Å². The van der Waals surface area contributed by atoms with E-state index in [2.05, 4.69) is 10.3 Å². The van der Waals surface area contributed by atoms with Gasteiger partial charge in [0.25, 0.3) is 11.5 Å². The van der Waals surface area contributed by atoms with E-state index in [4.69, 9.17) is 34.0 Å². The van der Waals surface area contributed by atoms with Crippen molar-refractivity contribution < 1.29 is 14.7 Å². The molecule has 1 aromatic heterocycles. The van der Waals surface area contributed by atoms with E-state index in [-0.39, 0.29) is 11.2 Å². The normalized spacial score (nSPS) is 14.9. The van der Waals surface area contributed by atoms with E-state index in [1.807, 2.05) is 18.2 Å². The number of halogens is 2. The standard InChI is InChI=1S/C22H16Cl2N4O4/c23-17(18(24)22(31)32)20(29)26-14-5-6-15-16(10-14)27-19-12(7-8-28(19)21(15)30)9-11-1-3-13(25)4-2-11/h1-6,9-10H,7-8,25H2,(H,26,29)(H,31,32)/b12-9?,18-17-. The monoisotopic (exact) mass is 470 g/mol. The highest BCUT2D eigenvalue weighted by molar-refractivity contribution is 6.54. The van der Waals surface area contributed by atoms with Crippen LogP contribution < -0.4 is 16.6 Å². The third-order valence-electron chi connectivity index (χ3n) is 4.96. The zero-order valence-electron chi connectivity index (χ0n) is 16.4. The number of fused-ring (bicyclic) bond motifs is 2. The molecule has 0 unspecified atom stereocenters. The van der Waals surface area contributed by atoms with Crippen LogP contribution in [0.4, 0.5) is 11.4 Å². The molecule has 4 rings (SSSR count). The Morgan fingerprint density at radius 1 is 1.12 bits per heavy atom. The first-order chi connectivity index (χ1) is 15.2. The van der Waals surface area contributed by atoms with Crippen molar-refractivity contribution in [1.82, 2.24) is 9.55 Å². The van der Waals surface area contributed by atoms with E-state index in [0.717, 1.165) is 11.1 Å². The Morgan fingerprint density at radius 2 is 1.84 bits per heavy atom. The smallest absolute Gasteiger partial charge is 0.349 e. The van der Waals surface area contributed by atoms with Crippen molar-refractivity contribution in [2.24, 2.45) is 0 Å². The van der Waals surface area contributed by atoms with E-state index in [1.165, 1.54) is 12.1 Å².